The zero-order valence-electron chi connectivity index (χ0n) is 11.5. The molecule has 0 heterocycles. The van der Waals surface area contributed by atoms with Gasteiger partial charge in [0.05, 0.1) is 22.1 Å². The Bertz CT molecular complexity index is 722. The van der Waals surface area contributed by atoms with Crippen molar-refractivity contribution in [3.8, 4) is 0 Å². The van der Waals surface area contributed by atoms with Crippen LogP contribution in [0.3, 0.4) is 0 Å². The fourth-order valence-corrected chi connectivity index (χ4v) is 3.86. The van der Waals surface area contributed by atoms with Gasteiger partial charge in [-0.25, -0.2) is 4.79 Å². The minimum absolute atomic E-state index is 0.235. The number of carbonyl (C=O) groups is 1. The molecule has 0 aliphatic heterocycles. The van der Waals surface area contributed by atoms with E-state index in [0.29, 0.717) is 5.75 Å². The van der Waals surface area contributed by atoms with Gasteiger partial charge in [-0.3, -0.25) is 4.21 Å². The van der Waals surface area contributed by atoms with Crippen LogP contribution in [-0.2, 0) is 29.4 Å². The molecule has 1 atom stereocenters. The molecular weight excluding hydrogens is 284 g/mol. The van der Waals surface area contributed by atoms with Crippen LogP contribution in [0, 0.1) is 0 Å². The summed E-state index contributed by atoms with van der Waals surface area (Å²) in [6.07, 6.45) is 3.35. The summed E-state index contributed by atoms with van der Waals surface area (Å²) in [5.41, 5.74) is 3.69. The zero-order valence-corrected chi connectivity index (χ0v) is 12.4. The molecule has 1 aliphatic rings. The zero-order chi connectivity index (χ0) is 14.8. The average Bonchev–Trinajstić information content (AvgIpc) is 2.94. The highest BCUT2D eigenvalue weighted by Gasteiger charge is 2.14. The topological polar surface area (TPSA) is 54.4 Å². The number of carboxylic acids is 1. The van der Waals surface area contributed by atoms with Gasteiger partial charge in [0.2, 0.25) is 0 Å². The van der Waals surface area contributed by atoms with Crippen molar-refractivity contribution in [2.24, 2.45) is 0 Å². The van der Waals surface area contributed by atoms with Crippen LogP contribution in [0.15, 0.2) is 47.4 Å². The van der Waals surface area contributed by atoms with Gasteiger partial charge in [-0.2, -0.15) is 0 Å². The number of rotatable bonds is 4. The lowest BCUT2D eigenvalue weighted by atomic mass is 10.1. The molecule has 0 spiro atoms. The Balaban J connectivity index is 1.80. The Hall–Kier alpha value is -1.94. The third kappa shape index (κ3) is 3.05. The lowest BCUT2D eigenvalue weighted by Crippen LogP contribution is -2.01. The van der Waals surface area contributed by atoms with E-state index in [4.69, 9.17) is 5.11 Å². The summed E-state index contributed by atoms with van der Waals surface area (Å²) < 4.78 is 12.5. The molecule has 0 saturated heterocycles. The van der Waals surface area contributed by atoms with E-state index in [1.54, 1.807) is 18.2 Å². The first-order valence-corrected chi connectivity index (χ1v) is 8.28. The maximum atomic E-state index is 12.5. The lowest BCUT2D eigenvalue weighted by Gasteiger charge is -2.06. The number of aromatic carboxylic acids is 1. The van der Waals surface area contributed by atoms with Crippen LogP contribution in [0.1, 0.15) is 33.5 Å². The van der Waals surface area contributed by atoms with Crippen LogP contribution in [0.4, 0.5) is 0 Å². The van der Waals surface area contributed by atoms with Crippen molar-refractivity contribution in [2.75, 3.05) is 0 Å². The molecule has 1 unspecified atom stereocenters. The number of hydrogen-bond donors (Lipinski definition) is 1. The normalized spacial score (nSPS) is 14.7. The number of hydrogen-bond acceptors (Lipinski definition) is 2. The fraction of sp³-hybridized carbons (Fsp3) is 0.235. The van der Waals surface area contributed by atoms with Crippen molar-refractivity contribution in [1.29, 1.82) is 0 Å². The first kappa shape index (κ1) is 14.0. The molecule has 21 heavy (non-hydrogen) atoms. The smallest absolute Gasteiger partial charge is 0.335 e. The Kier molecular flexibility index (Phi) is 3.88. The first-order valence-electron chi connectivity index (χ1n) is 6.96. The van der Waals surface area contributed by atoms with E-state index in [-0.39, 0.29) is 5.56 Å². The Morgan fingerprint density at radius 2 is 1.90 bits per heavy atom. The van der Waals surface area contributed by atoms with E-state index < -0.39 is 16.8 Å². The summed E-state index contributed by atoms with van der Waals surface area (Å²) in [4.78, 5) is 11.8. The number of benzene rings is 2. The molecule has 0 saturated carbocycles. The molecule has 0 radical (unpaired) electrons. The third-order valence-electron chi connectivity index (χ3n) is 3.80. The molecule has 2 aromatic carbocycles. The lowest BCUT2D eigenvalue weighted by molar-refractivity contribution is 0.0696. The van der Waals surface area contributed by atoms with E-state index in [0.717, 1.165) is 23.3 Å². The van der Waals surface area contributed by atoms with Gasteiger partial charge in [0, 0.05) is 4.90 Å². The summed E-state index contributed by atoms with van der Waals surface area (Å²) in [6.45, 7) is 0. The second-order valence-electron chi connectivity index (χ2n) is 5.28. The number of carboxylic acid groups (broad SMARTS) is 1. The molecule has 3 rings (SSSR count). The van der Waals surface area contributed by atoms with Crippen molar-refractivity contribution in [2.45, 2.75) is 29.9 Å². The van der Waals surface area contributed by atoms with E-state index in [1.165, 1.54) is 17.5 Å². The molecule has 0 bridgehead atoms. The molecular formula is C17H16O3S. The van der Waals surface area contributed by atoms with Crippen molar-refractivity contribution in [1.82, 2.24) is 0 Å². The molecule has 0 fully saturated rings. The third-order valence-corrected chi connectivity index (χ3v) is 5.18. The molecule has 108 valence electrons. The van der Waals surface area contributed by atoms with Crippen LogP contribution in [0.5, 0.6) is 0 Å². The Morgan fingerprint density at radius 3 is 2.71 bits per heavy atom. The van der Waals surface area contributed by atoms with E-state index in [2.05, 4.69) is 6.07 Å². The highest BCUT2D eigenvalue weighted by atomic mass is 32.2. The fourth-order valence-electron chi connectivity index (χ4n) is 2.72. The van der Waals surface area contributed by atoms with E-state index in [1.807, 2.05) is 18.2 Å². The second kappa shape index (κ2) is 5.82. The summed E-state index contributed by atoms with van der Waals surface area (Å²) in [5, 5.41) is 8.99. The molecule has 0 aromatic heterocycles. The number of fused-ring (bicyclic) bond motifs is 1. The molecule has 2 aromatic rings. The minimum Gasteiger partial charge on any atom is -0.478 e. The summed E-state index contributed by atoms with van der Waals surface area (Å²) in [7, 11) is -1.14. The monoisotopic (exact) mass is 300 g/mol. The van der Waals surface area contributed by atoms with Gasteiger partial charge in [0.25, 0.3) is 0 Å². The van der Waals surface area contributed by atoms with Crippen LogP contribution in [-0.4, -0.2) is 15.3 Å². The Morgan fingerprint density at radius 1 is 1.10 bits per heavy atom. The maximum Gasteiger partial charge on any atom is 0.335 e. The van der Waals surface area contributed by atoms with E-state index >= 15 is 0 Å². The van der Waals surface area contributed by atoms with Crippen molar-refractivity contribution in [3.05, 3.63) is 64.7 Å². The molecule has 1 aliphatic carbocycles. The van der Waals surface area contributed by atoms with Gasteiger partial charge in [0.1, 0.15) is 0 Å². The second-order valence-corrected chi connectivity index (χ2v) is 6.73. The van der Waals surface area contributed by atoms with Gasteiger partial charge in [0.15, 0.2) is 0 Å². The van der Waals surface area contributed by atoms with Crippen LogP contribution in [0.2, 0.25) is 0 Å². The molecule has 3 nitrogen and oxygen atoms in total. The molecule has 1 N–H and O–H groups in total. The predicted octanol–water partition coefficient (Wildman–Crippen LogP) is 3.18. The van der Waals surface area contributed by atoms with Gasteiger partial charge in [-0.1, -0.05) is 18.2 Å². The van der Waals surface area contributed by atoms with Gasteiger partial charge in [-0.05, 0) is 60.2 Å². The van der Waals surface area contributed by atoms with Crippen LogP contribution in [0.25, 0.3) is 0 Å². The standard InChI is InChI=1S/C17H16O3S/c18-17(19)15-6-1-3-12(9-15)11-21(20)16-8-7-13-4-2-5-14(13)10-16/h1,3,6-10H,2,4-5,11H2,(H,18,19). The summed E-state index contributed by atoms with van der Waals surface area (Å²) >= 11 is 0. The quantitative estimate of drug-likeness (QED) is 0.943. The maximum absolute atomic E-state index is 12.5. The van der Waals surface area contributed by atoms with Gasteiger partial charge >= 0.3 is 5.97 Å². The largest absolute Gasteiger partial charge is 0.478 e. The van der Waals surface area contributed by atoms with Crippen molar-refractivity contribution in [3.63, 3.8) is 0 Å². The highest BCUT2D eigenvalue weighted by Crippen LogP contribution is 2.25. The van der Waals surface area contributed by atoms with Crippen molar-refractivity contribution >= 4 is 16.8 Å². The molecule has 4 heteroatoms. The Labute approximate surface area is 126 Å². The van der Waals surface area contributed by atoms with Gasteiger partial charge < -0.3 is 5.11 Å². The molecule has 0 amide bonds. The summed E-state index contributed by atoms with van der Waals surface area (Å²) in [6, 6.07) is 12.7. The summed E-state index contributed by atoms with van der Waals surface area (Å²) in [5.74, 6) is -0.611. The highest BCUT2D eigenvalue weighted by molar-refractivity contribution is 7.84. The SMILES string of the molecule is O=C(O)c1cccc(CS(=O)c2ccc3c(c2)CCC3)c1. The van der Waals surface area contributed by atoms with Crippen LogP contribution >= 0.6 is 0 Å². The van der Waals surface area contributed by atoms with Crippen molar-refractivity contribution < 1.29 is 14.1 Å². The average molecular weight is 300 g/mol. The van der Waals surface area contributed by atoms with Crippen LogP contribution < -0.4 is 0 Å². The van der Waals surface area contributed by atoms with E-state index in [9.17, 15) is 9.00 Å². The number of aryl methyl sites for hydroxylation is 2. The van der Waals surface area contributed by atoms with Gasteiger partial charge in [-0.15, -0.1) is 0 Å². The predicted molar refractivity (Wildman–Crippen MR) is 82.0 cm³/mol. The first-order chi connectivity index (χ1) is 10.1. The minimum atomic E-state index is -1.14.